The van der Waals surface area contributed by atoms with Crippen LogP contribution in [0, 0.1) is 0 Å². The average molecular weight is 442 g/mol. The van der Waals surface area contributed by atoms with E-state index in [4.69, 9.17) is 4.74 Å². The molecule has 5 rings (SSSR count). The minimum absolute atomic E-state index is 0.144. The summed E-state index contributed by atoms with van der Waals surface area (Å²) >= 11 is 0. The van der Waals surface area contributed by atoms with E-state index >= 15 is 0 Å². The van der Waals surface area contributed by atoms with E-state index in [1.807, 2.05) is 57.3 Å². The number of nitrogens with one attached hydrogen (secondary N) is 1. The third kappa shape index (κ3) is 4.08. The highest BCUT2D eigenvalue weighted by molar-refractivity contribution is 5.90. The zero-order valence-electron chi connectivity index (χ0n) is 18.4. The fourth-order valence-electron chi connectivity index (χ4n) is 3.49. The normalized spacial score (nSPS) is 11.7. The molecule has 3 heterocycles. The standard InChI is InChI=1S/C24H22N6O3/c1-24(2,3)33-23(32)30-19-10-9-17(12-16(19)14-25-30)26-22-20-8-5-11-29(20)28-21(27-22)15-6-4-7-18(31)13-15/h4-14,31H,1-3H3,(H,26,27,28). The Labute approximate surface area is 189 Å². The number of rotatable bonds is 3. The van der Waals surface area contributed by atoms with Crippen molar-refractivity contribution < 1.29 is 14.6 Å². The molecular formula is C24H22N6O3. The summed E-state index contributed by atoms with van der Waals surface area (Å²) in [5.41, 5.74) is 2.30. The Morgan fingerprint density at radius 1 is 1.06 bits per heavy atom. The number of fused-ring (bicyclic) bond motifs is 2. The van der Waals surface area contributed by atoms with Gasteiger partial charge in [0.1, 0.15) is 16.9 Å². The first kappa shape index (κ1) is 20.5. The van der Waals surface area contributed by atoms with E-state index in [1.165, 1.54) is 4.68 Å². The highest BCUT2D eigenvalue weighted by Gasteiger charge is 2.20. The quantitative estimate of drug-likeness (QED) is 0.406. The summed E-state index contributed by atoms with van der Waals surface area (Å²) in [6.45, 7) is 5.44. The van der Waals surface area contributed by atoms with Gasteiger partial charge in [-0.1, -0.05) is 12.1 Å². The maximum atomic E-state index is 12.4. The molecule has 0 aliphatic rings. The lowest BCUT2D eigenvalue weighted by atomic mass is 10.2. The van der Waals surface area contributed by atoms with Crippen LogP contribution in [0.1, 0.15) is 20.8 Å². The first-order valence-corrected chi connectivity index (χ1v) is 10.4. The molecule has 9 nitrogen and oxygen atoms in total. The molecule has 166 valence electrons. The molecule has 0 fully saturated rings. The van der Waals surface area contributed by atoms with Crippen LogP contribution >= 0.6 is 0 Å². The number of hydrogen-bond acceptors (Lipinski definition) is 7. The summed E-state index contributed by atoms with van der Waals surface area (Å²) in [6.07, 6.45) is 2.93. The molecule has 0 saturated heterocycles. The molecule has 2 N–H and O–H groups in total. The van der Waals surface area contributed by atoms with Crippen LogP contribution < -0.4 is 5.32 Å². The lowest BCUT2D eigenvalue weighted by Crippen LogP contribution is -2.27. The largest absolute Gasteiger partial charge is 0.508 e. The van der Waals surface area contributed by atoms with Gasteiger partial charge in [-0.15, -0.1) is 5.10 Å². The number of phenolic OH excluding ortho intramolecular Hbond substituents is 1. The van der Waals surface area contributed by atoms with E-state index < -0.39 is 11.7 Å². The molecule has 9 heteroatoms. The summed E-state index contributed by atoms with van der Waals surface area (Å²) in [6, 6.07) is 16.1. The zero-order chi connectivity index (χ0) is 23.2. The highest BCUT2D eigenvalue weighted by atomic mass is 16.6. The van der Waals surface area contributed by atoms with Crippen molar-refractivity contribution in [2.75, 3.05) is 5.32 Å². The maximum Gasteiger partial charge on any atom is 0.435 e. The number of benzene rings is 2. The zero-order valence-corrected chi connectivity index (χ0v) is 18.4. The lowest BCUT2D eigenvalue weighted by molar-refractivity contribution is 0.0522. The van der Waals surface area contributed by atoms with Gasteiger partial charge in [0.2, 0.25) is 0 Å². The summed E-state index contributed by atoms with van der Waals surface area (Å²) < 4.78 is 8.41. The monoisotopic (exact) mass is 442 g/mol. The van der Waals surface area contributed by atoms with E-state index in [9.17, 15) is 9.90 Å². The molecule has 0 unspecified atom stereocenters. The molecule has 33 heavy (non-hydrogen) atoms. The topological polar surface area (TPSA) is 107 Å². The predicted molar refractivity (Wildman–Crippen MR) is 125 cm³/mol. The minimum Gasteiger partial charge on any atom is -0.508 e. The number of ether oxygens (including phenoxy) is 1. The van der Waals surface area contributed by atoms with Gasteiger partial charge in [-0.25, -0.2) is 14.3 Å². The first-order valence-electron chi connectivity index (χ1n) is 10.4. The van der Waals surface area contributed by atoms with Gasteiger partial charge in [0.05, 0.1) is 11.7 Å². The minimum atomic E-state index is -0.611. The number of nitrogens with zero attached hydrogens (tertiary/aromatic N) is 5. The van der Waals surface area contributed by atoms with Crippen molar-refractivity contribution in [3.8, 4) is 17.1 Å². The number of aromatic nitrogens is 5. The summed E-state index contributed by atoms with van der Waals surface area (Å²) in [5, 5.41) is 22.7. The second kappa shape index (κ2) is 7.63. The van der Waals surface area contributed by atoms with Crippen molar-refractivity contribution in [2.45, 2.75) is 26.4 Å². The number of hydrogen-bond donors (Lipinski definition) is 2. The number of phenols is 1. The van der Waals surface area contributed by atoms with Gasteiger partial charge >= 0.3 is 6.09 Å². The molecule has 0 radical (unpaired) electrons. The summed E-state index contributed by atoms with van der Waals surface area (Å²) in [7, 11) is 0. The van der Waals surface area contributed by atoms with Crippen molar-refractivity contribution >= 4 is 34.0 Å². The maximum absolute atomic E-state index is 12.4. The van der Waals surface area contributed by atoms with Gasteiger partial charge in [-0.2, -0.15) is 9.78 Å². The molecule has 0 aliphatic heterocycles. The molecule has 0 amide bonds. The van der Waals surface area contributed by atoms with Crippen molar-refractivity contribution in [3.63, 3.8) is 0 Å². The van der Waals surface area contributed by atoms with Crippen LogP contribution in [0.5, 0.6) is 5.75 Å². The Bertz CT molecular complexity index is 1500. The van der Waals surface area contributed by atoms with Gasteiger partial charge in [-0.05, 0) is 63.2 Å². The summed E-state index contributed by atoms with van der Waals surface area (Å²) in [4.78, 5) is 17.1. The van der Waals surface area contributed by atoms with E-state index in [1.54, 1.807) is 35.0 Å². The van der Waals surface area contributed by atoms with E-state index in [0.29, 0.717) is 22.7 Å². The fraction of sp³-hybridized carbons (Fsp3) is 0.167. The van der Waals surface area contributed by atoms with Gasteiger partial charge in [-0.3, -0.25) is 0 Å². The fourth-order valence-corrected chi connectivity index (χ4v) is 3.49. The second-order valence-corrected chi connectivity index (χ2v) is 8.61. The Balaban J connectivity index is 1.50. The second-order valence-electron chi connectivity index (χ2n) is 8.61. The smallest absolute Gasteiger partial charge is 0.435 e. The third-order valence-corrected chi connectivity index (χ3v) is 4.89. The van der Waals surface area contributed by atoms with E-state index in [-0.39, 0.29) is 5.75 Å². The number of carbonyl (C=O) groups excluding carboxylic acids is 1. The Hall–Kier alpha value is -4.40. The Kier molecular flexibility index (Phi) is 4.74. The molecule has 0 spiro atoms. The number of anilines is 2. The molecule has 0 bridgehead atoms. The van der Waals surface area contributed by atoms with Crippen LogP contribution in [0.15, 0.2) is 67.0 Å². The van der Waals surface area contributed by atoms with Crippen molar-refractivity contribution in [1.82, 2.24) is 24.4 Å². The molecule has 5 aromatic rings. The molecule has 0 atom stereocenters. The lowest BCUT2D eigenvalue weighted by Gasteiger charge is -2.19. The number of aromatic hydroxyl groups is 1. The van der Waals surface area contributed by atoms with Gasteiger partial charge in [0.25, 0.3) is 0 Å². The molecule has 0 aliphatic carbocycles. The van der Waals surface area contributed by atoms with Crippen LogP contribution in [0.3, 0.4) is 0 Å². The molecule has 2 aromatic carbocycles. The highest BCUT2D eigenvalue weighted by Crippen LogP contribution is 2.27. The van der Waals surface area contributed by atoms with E-state index in [2.05, 4.69) is 20.5 Å². The van der Waals surface area contributed by atoms with Crippen LogP contribution in [0.25, 0.3) is 27.8 Å². The Morgan fingerprint density at radius 2 is 1.91 bits per heavy atom. The van der Waals surface area contributed by atoms with Gasteiger partial charge < -0.3 is 15.2 Å². The average Bonchev–Trinajstić information content (AvgIpc) is 3.39. The third-order valence-electron chi connectivity index (χ3n) is 4.89. The van der Waals surface area contributed by atoms with Crippen LogP contribution in [-0.2, 0) is 4.74 Å². The van der Waals surface area contributed by atoms with Crippen molar-refractivity contribution in [2.24, 2.45) is 0 Å². The van der Waals surface area contributed by atoms with Crippen LogP contribution in [0.4, 0.5) is 16.3 Å². The van der Waals surface area contributed by atoms with Crippen LogP contribution in [-0.4, -0.2) is 41.2 Å². The molecule has 3 aromatic heterocycles. The molecular weight excluding hydrogens is 420 g/mol. The molecule has 0 saturated carbocycles. The first-order chi connectivity index (χ1) is 15.8. The van der Waals surface area contributed by atoms with Gasteiger partial charge in [0, 0.05) is 22.8 Å². The Morgan fingerprint density at radius 3 is 2.70 bits per heavy atom. The van der Waals surface area contributed by atoms with E-state index in [0.717, 1.165) is 16.6 Å². The summed E-state index contributed by atoms with van der Waals surface area (Å²) in [5.74, 6) is 1.22. The van der Waals surface area contributed by atoms with Crippen molar-refractivity contribution in [3.05, 3.63) is 67.0 Å². The van der Waals surface area contributed by atoms with Crippen molar-refractivity contribution in [1.29, 1.82) is 0 Å². The SMILES string of the molecule is CC(C)(C)OC(=O)n1ncc2cc(Nc3nc(-c4cccc(O)c4)nn4cccc34)ccc21. The van der Waals surface area contributed by atoms with Crippen LogP contribution in [0.2, 0.25) is 0 Å². The predicted octanol–water partition coefficient (Wildman–Crippen LogP) is 4.98. The van der Waals surface area contributed by atoms with Gasteiger partial charge in [0.15, 0.2) is 11.6 Å². The number of carbonyl (C=O) groups is 1.